The second-order valence-electron chi connectivity index (χ2n) is 13.2. The van der Waals surface area contributed by atoms with Gasteiger partial charge in [0, 0.05) is 12.6 Å². The van der Waals surface area contributed by atoms with Crippen LogP contribution in [0.25, 0.3) is 0 Å². The second kappa shape index (κ2) is 7.70. The van der Waals surface area contributed by atoms with Gasteiger partial charge in [0.15, 0.2) is 6.61 Å². The Labute approximate surface area is 196 Å². The number of nitrogens with zero attached hydrogens (tertiary/aromatic N) is 2. The van der Waals surface area contributed by atoms with E-state index < -0.39 is 24.1 Å². The molecule has 2 saturated carbocycles. The highest BCUT2D eigenvalue weighted by Gasteiger charge is 2.56. The van der Waals surface area contributed by atoms with Gasteiger partial charge in [-0.25, -0.2) is 4.79 Å². The molecule has 1 spiro atoms. The summed E-state index contributed by atoms with van der Waals surface area (Å²) >= 11 is 0. The SMILES string of the molecule is CC1CC(C)(C)CC2(C1)NC(=O)N(CC(=O)OCC(=O)N1CC3(C)CC1CC(C)(C)C3)C2=O. The van der Waals surface area contributed by atoms with Crippen LogP contribution < -0.4 is 5.32 Å². The van der Waals surface area contributed by atoms with Crippen molar-refractivity contribution in [3.63, 3.8) is 0 Å². The van der Waals surface area contributed by atoms with E-state index in [0.717, 1.165) is 30.6 Å². The zero-order valence-corrected chi connectivity index (χ0v) is 21.0. The standard InChI is InChI=1S/C25H39N3O5/c1-16-7-22(2,3)14-25(8-16)20(31)27(21(32)26-25)11-19(30)33-12-18(29)28-15-24(6)10-17(28)9-23(4,5)13-24/h16-17H,7-15H2,1-6H3,(H,26,32). The Morgan fingerprint density at radius 3 is 2.33 bits per heavy atom. The van der Waals surface area contributed by atoms with Crippen LogP contribution in [-0.2, 0) is 19.1 Å². The summed E-state index contributed by atoms with van der Waals surface area (Å²) in [4.78, 5) is 53.9. The predicted octanol–water partition coefficient (Wildman–Crippen LogP) is 3.09. The van der Waals surface area contributed by atoms with Crippen molar-refractivity contribution >= 4 is 23.8 Å². The quantitative estimate of drug-likeness (QED) is 0.513. The molecular weight excluding hydrogens is 422 g/mol. The Morgan fingerprint density at radius 2 is 1.67 bits per heavy atom. The average molecular weight is 462 g/mol. The number of amides is 4. The summed E-state index contributed by atoms with van der Waals surface area (Å²) in [6.45, 7) is 12.8. The molecule has 2 heterocycles. The van der Waals surface area contributed by atoms with Crippen molar-refractivity contribution in [2.45, 2.75) is 91.6 Å². The first-order valence-electron chi connectivity index (χ1n) is 12.2. The highest BCUT2D eigenvalue weighted by Crippen LogP contribution is 2.52. The highest BCUT2D eigenvalue weighted by atomic mass is 16.5. The van der Waals surface area contributed by atoms with Crippen molar-refractivity contribution in [1.29, 1.82) is 0 Å². The van der Waals surface area contributed by atoms with Crippen molar-refractivity contribution in [3.05, 3.63) is 0 Å². The molecule has 4 fully saturated rings. The van der Waals surface area contributed by atoms with E-state index in [9.17, 15) is 19.2 Å². The molecule has 2 saturated heterocycles. The van der Waals surface area contributed by atoms with E-state index in [1.165, 1.54) is 0 Å². The van der Waals surface area contributed by atoms with Gasteiger partial charge in [0.2, 0.25) is 0 Å². The lowest BCUT2D eigenvalue weighted by molar-refractivity contribution is -0.154. The molecule has 184 valence electrons. The Balaban J connectivity index is 1.34. The van der Waals surface area contributed by atoms with Gasteiger partial charge in [0.1, 0.15) is 12.1 Å². The molecule has 2 aliphatic heterocycles. The van der Waals surface area contributed by atoms with Gasteiger partial charge in [-0.1, -0.05) is 41.5 Å². The summed E-state index contributed by atoms with van der Waals surface area (Å²) in [5, 5.41) is 2.86. The maximum atomic E-state index is 13.2. The maximum absolute atomic E-state index is 13.2. The normalized spacial score (nSPS) is 36.8. The largest absolute Gasteiger partial charge is 0.454 e. The molecule has 33 heavy (non-hydrogen) atoms. The Kier molecular flexibility index (Phi) is 5.61. The molecule has 0 aromatic rings. The monoisotopic (exact) mass is 461 g/mol. The molecule has 8 nitrogen and oxygen atoms in total. The zero-order valence-electron chi connectivity index (χ0n) is 21.0. The third-order valence-corrected chi connectivity index (χ3v) is 8.00. The Bertz CT molecular complexity index is 883. The van der Waals surface area contributed by atoms with Gasteiger partial charge in [-0.05, 0) is 60.7 Å². The van der Waals surface area contributed by atoms with E-state index in [1.54, 1.807) is 0 Å². The van der Waals surface area contributed by atoms with Crippen LogP contribution in [0.15, 0.2) is 0 Å². The lowest BCUT2D eigenvalue weighted by Gasteiger charge is -2.43. The first kappa shape index (κ1) is 24.0. The topological polar surface area (TPSA) is 96.0 Å². The zero-order chi connectivity index (χ0) is 24.4. The molecule has 0 radical (unpaired) electrons. The fourth-order valence-corrected chi connectivity index (χ4v) is 7.80. The van der Waals surface area contributed by atoms with Crippen LogP contribution in [-0.4, -0.2) is 64.9 Å². The first-order chi connectivity index (χ1) is 15.1. The van der Waals surface area contributed by atoms with E-state index in [1.807, 2.05) is 4.90 Å². The number of rotatable bonds is 4. The van der Waals surface area contributed by atoms with Crippen LogP contribution in [0.2, 0.25) is 0 Å². The number of fused-ring (bicyclic) bond motifs is 2. The number of carbonyl (C=O) groups is 4. The first-order valence-corrected chi connectivity index (χ1v) is 12.2. The number of esters is 1. The maximum Gasteiger partial charge on any atom is 0.326 e. The minimum atomic E-state index is -0.955. The van der Waals surface area contributed by atoms with Crippen molar-refractivity contribution in [1.82, 2.24) is 15.1 Å². The van der Waals surface area contributed by atoms with E-state index in [4.69, 9.17) is 4.74 Å². The Hall–Kier alpha value is -2.12. The van der Waals surface area contributed by atoms with Gasteiger partial charge < -0.3 is 15.0 Å². The summed E-state index contributed by atoms with van der Waals surface area (Å²) in [6, 6.07) is -0.385. The number of hydrogen-bond donors (Lipinski definition) is 1. The van der Waals surface area contributed by atoms with E-state index in [2.05, 4.69) is 46.9 Å². The summed E-state index contributed by atoms with van der Waals surface area (Å²) < 4.78 is 5.24. The molecule has 0 aromatic carbocycles. The lowest BCUT2D eigenvalue weighted by Crippen LogP contribution is -2.54. The molecule has 4 aliphatic rings. The van der Waals surface area contributed by atoms with Gasteiger partial charge >= 0.3 is 12.0 Å². The van der Waals surface area contributed by atoms with Crippen LogP contribution in [0.5, 0.6) is 0 Å². The molecule has 2 aliphatic carbocycles. The molecule has 1 N–H and O–H groups in total. The van der Waals surface area contributed by atoms with Crippen LogP contribution >= 0.6 is 0 Å². The summed E-state index contributed by atoms with van der Waals surface area (Å²) in [5.74, 6) is -1.01. The summed E-state index contributed by atoms with van der Waals surface area (Å²) in [6.07, 6.45) is 5.09. The predicted molar refractivity (Wildman–Crippen MR) is 122 cm³/mol. The Morgan fingerprint density at radius 1 is 1.00 bits per heavy atom. The van der Waals surface area contributed by atoms with Crippen molar-refractivity contribution < 1.29 is 23.9 Å². The third kappa shape index (κ3) is 4.62. The number of urea groups is 1. The summed E-state index contributed by atoms with van der Waals surface area (Å²) in [7, 11) is 0. The van der Waals surface area contributed by atoms with Crippen molar-refractivity contribution in [2.24, 2.45) is 22.2 Å². The minimum absolute atomic E-state index is 0.0808. The van der Waals surface area contributed by atoms with E-state index >= 15 is 0 Å². The van der Waals surface area contributed by atoms with Crippen LogP contribution in [0.4, 0.5) is 4.79 Å². The fraction of sp³-hybridized carbons (Fsp3) is 0.840. The minimum Gasteiger partial charge on any atom is -0.454 e. The smallest absolute Gasteiger partial charge is 0.326 e. The van der Waals surface area contributed by atoms with Gasteiger partial charge in [0.25, 0.3) is 11.8 Å². The van der Waals surface area contributed by atoms with Gasteiger partial charge in [0.05, 0.1) is 0 Å². The van der Waals surface area contributed by atoms with Crippen LogP contribution in [0.3, 0.4) is 0 Å². The van der Waals surface area contributed by atoms with Crippen molar-refractivity contribution in [3.8, 4) is 0 Å². The number of carbonyl (C=O) groups excluding carboxylic acids is 4. The third-order valence-electron chi connectivity index (χ3n) is 8.00. The number of imide groups is 1. The van der Waals surface area contributed by atoms with Gasteiger partial charge in [-0.15, -0.1) is 0 Å². The number of hydrogen-bond acceptors (Lipinski definition) is 5. The summed E-state index contributed by atoms with van der Waals surface area (Å²) in [5.41, 5.74) is -0.744. The molecule has 0 aromatic heterocycles. The molecule has 4 amide bonds. The molecule has 4 rings (SSSR count). The van der Waals surface area contributed by atoms with Crippen molar-refractivity contribution in [2.75, 3.05) is 19.7 Å². The number of ether oxygens (including phenoxy) is 1. The van der Waals surface area contributed by atoms with E-state index in [-0.39, 0.29) is 46.6 Å². The molecular formula is C25H39N3O5. The molecule has 4 atom stereocenters. The van der Waals surface area contributed by atoms with Crippen LogP contribution in [0, 0.1) is 22.2 Å². The number of likely N-dealkylation sites (tertiary alicyclic amines) is 1. The van der Waals surface area contributed by atoms with Crippen LogP contribution in [0.1, 0.15) is 80.1 Å². The molecule has 8 heteroatoms. The van der Waals surface area contributed by atoms with E-state index in [0.29, 0.717) is 19.4 Å². The fourth-order valence-electron chi connectivity index (χ4n) is 7.80. The number of nitrogens with one attached hydrogen (secondary N) is 1. The molecule has 2 bridgehead atoms. The average Bonchev–Trinajstić information content (AvgIpc) is 3.01. The second-order valence-corrected chi connectivity index (χ2v) is 13.2. The van der Waals surface area contributed by atoms with Gasteiger partial charge in [-0.2, -0.15) is 0 Å². The highest BCUT2D eigenvalue weighted by molar-refractivity contribution is 6.08. The van der Waals surface area contributed by atoms with Gasteiger partial charge in [-0.3, -0.25) is 19.3 Å². The lowest BCUT2D eigenvalue weighted by atomic mass is 9.64. The molecule has 4 unspecified atom stereocenters.